The second kappa shape index (κ2) is 6.13. The van der Waals surface area contributed by atoms with E-state index in [-0.39, 0.29) is 23.6 Å². The van der Waals surface area contributed by atoms with Crippen LogP contribution in [0.25, 0.3) is 0 Å². The van der Waals surface area contributed by atoms with E-state index in [1.165, 1.54) is 12.1 Å². The SMILES string of the molecule is COc1ccc(CNC(=O)C2CC2c2ccc(F)cc2)cn1. The van der Waals surface area contributed by atoms with Gasteiger partial charge in [-0.25, -0.2) is 9.37 Å². The molecule has 1 aliphatic rings. The Morgan fingerprint density at radius 3 is 2.73 bits per heavy atom. The summed E-state index contributed by atoms with van der Waals surface area (Å²) in [6.07, 6.45) is 2.50. The van der Waals surface area contributed by atoms with Crippen LogP contribution in [0.4, 0.5) is 4.39 Å². The Kier molecular flexibility index (Phi) is 4.04. The van der Waals surface area contributed by atoms with E-state index < -0.39 is 0 Å². The lowest BCUT2D eigenvalue weighted by atomic mass is 10.1. The first-order chi connectivity index (χ1) is 10.7. The molecule has 0 spiro atoms. The third-order valence-corrected chi connectivity index (χ3v) is 3.90. The summed E-state index contributed by atoms with van der Waals surface area (Å²) in [4.78, 5) is 16.2. The highest BCUT2D eigenvalue weighted by Gasteiger charge is 2.43. The molecule has 3 rings (SSSR count). The average molecular weight is 300 g/mol. The fourth-order valence-electron chi connectivity index (χ4n) is 2.52. The zero-order valence-corrected chi connectivity index (χ0v) is 12.3. The fraction of sp³-hybridized carbons (Fsp3) is 0.294. The van der Waals surface area contributed by atoms with Gasteiger partial charge in [-0.3, -0.25) is 4.79 Å². The van der Waals surface area contributed by atoms with Gasteiger partial charge in [-0.2, -0.15) is 0 Å². The average Bonchev–Trinajstić information content (AvgIpc) is 3.34. The molecule has 5 heteroatoms. The normalized spacial score (nSPS) is 19.5. The largest absolute Gasteiger partial charge is 0.481 e. The van der Waals surface area contributed by atoms with Crippen molar-refractivity contribution in [3.8, 4) is 5.88 Å². The van der Waals surface area contributed by atoms with Crippen LogP contribution in [-0.2, 0) is 11.3 Å². The molecule has 1 N–H and O–H groups in total. The molecule has 1 aromatic carbocycles. The first-order valence-electron chi connectivity index (χ1n) is 7.19. The Balaban J connectivity index is 1.51. The van der Waals surface area contributed by atoms with E-state index in [0.717, 1.165) is 17.5 Å². The Bertz CT molecular complexity index is 655. The molecule has 0 aliphatic heterocycles. The van der Waals surface area contributed by atoms with Crippen molar-refractivity contribution >= 4 is 5.91 Å². The van der Waals surface area contributed by atoms with Gasteiger partial charge in [0.2, 0.25) is 11.8 Å². The number of benzene rings is 1. The van der Waals surface area contributed by atoms with Crippen LogP contribution in [0.3, 0.4) is 0 Å². The van der Waals surface area contributed by atoms with Crippen molar-refractivity contribution in [3.63, 3.8) is 0 Å². The zero-order chi connectivity index (χ0) is 15.5. The summed E-state index contributed by atoms with van der Waals surface area (Å²) < 4.78 is 17.9. The van der Waals surface area contributed by atoms with Gasteiger partial charge in [0.15, 0.2) is 0 Å². The van der Waals surface area contributed by atoms with E-state index in [1.54, 1.807) is 31.5 Å². The molecule has 1 aliphatic carbocycles. The minimum atomic E-state index is -0.252. The van der Waals surface area contributed by atoms with E-state index in [9.17, 15) is 9.18 Å². The molecule has 114 valence electrons. The lowest BCUT2D eigenvalue weighted by Gasteiger charge is -2.06. The highest BCUT2D eigenvalue weighted by atomic mass is 19.1. The summed E-state index contributed by atoms with van der Waals surface area (Å²) in [7, 11) is 1.56. The molecule has 2 atom stereocenters. The molecule has 0 radical (unpaired) electrons. The molecule has 4 nitrogen and oxygen atoms in total. The van der Waals surface area contributed by atoms with Gasteiger partial charge in [0, 0.05) is 24.7 Å². The Labute approximate surface area is 128 Å². The van der Waals surface area contributed by atoms with Crippen LogP contribution in [-0.4, -0.2) is 18.0 Å². The number of amides is 1. The molecule has 0 bridgehead atoms. The zero-order valence-electron chi connectivity index (χ0n) is 12.3. The van der Waals surface area contributed by atoms with Crippen molar-refractivity contribution in [3.05, 3.63) is 59.5 Å². The number of nitrogens with zero attached hydrogens (tertiary/aromatic N) is 1. The van der Waals surface area contributed by atoms with Gasteiger partial charge in [0.05, 0.1) is 7.11 Å². The highest BCUT2D eigenvalue weighted by Crippen LogP contribution is 2.47. The molecule has 2 aromatic rings. The molecule has 1 saturated carbocycles. The lowest BCUT2D eigenvalue weighted by molar-refractivity contribution is -0.122. The van der Waals surface area contributed by atoms with Gasteiger partial charge in [0.25, 0.3) is 0 Å². The highest BCUT2D eigenvalue weighted by molar-refractivity contribution is 5.82. The summed E-state index contributed by atoms with van der Waals surface area (Å²) in [6.45, 7) is 0.447. The van der Waals surface area contributed by atoms with E-state index in [0.29, 0.717) is 12.4 Å². The van der Waals surface area contributed by atoms with Crippen LogP contribution in [0.15, 0.2) is 42.6 Å². The van der Waals surface area contributed by atoms with Gasteiger partial charge in [-0.1, -0.05) is 18.2 Å². The van der Waals surface area contributed by atoms with Crippen LogP contribution in [0, 0.1) is 11.7 Å². The number of halogens is 1. The fourth-order valence-corrected chi connectivity index (χ4v) is 2.52. The second-order valence-corrected chi connectivity index (χ2v) is 5.43. The van der Waals surface area contributed by atoms with Crippen molar-refractivity contribution < 1.29 is 13.9 Å². The van der Waals surface area contributed by atoms with Gasteiger partial charge in [-0.05, 0) is 35.6 Å². The maximum atomic E-state index is 12.9. The molecular formula is C17H17FN2O2. The molecule has 1 fully saturated rings. The van der Waals surface area contributed by atoms with Crippen LogP contribution >= 0.6 is 0 Å². The predicted molar refractivity (Wildman–Crippen MR) is 79.9 cm³/mol. The summed E-state index contributed by atoms with van der Waals surface area (Å²) in [5.74, 6) is 0.516. The van der Waals surface area contributed by atoms with Crippen molar-refractivity contribution in [2.45, 2.75) is 18.9 Å². The third kappa shape index (κ3) is 3.24. The number of aromatic nitrogens is 1. The number of nitrogens with one attached hydrogen (secondary N) is 1. The number of rotatable bonds is 5. The van der Waals surface area contributed by atoms with Crippen LogP contribution < -0.4 is 10.1 Å². The number of pyridine rings is 1. The third-order valence-electron chi connectivity index (χ3n) is 3.90. The standard InChI is InChI=1S/C17H17FN2O2/c1-22-16-7-2-11(9-19-16)10-20-17(21)15-8-14(15)12-3-5-13(18)6-4-12/h2-7,9,14-15H,8,10H2,1H3,(H,20,21). The molecule has 2 unspecified atom stereocenters. The van der Waals surface area contributed by atoms with E-state index in [2.05, 4.69) is 10.3 Å². The van der Waals surface area contributed by atoms with Crippen molar-refractivity contribution in [1.82, 2.24) is 10.3 Å². The number of methoxy groups -OCH3 is 1. The predicted octanol–water partition coefficient (Wildman–Crippen LogP) is 2.65. The maximum Gasteiger partial charge on any atom is 0.224 e. The van der Waals surface area contributed by atoms with Gasteiger partial charge in [-0.15, -0.1) is 0 Å². The summed E-state index contributed by atoms with van der Waals surface area (Å²) in [6, 6.07) is 10.0. The maximum absolute atomic E-state index is 12.9. The lowest BCUT2D eigenvalue weighted by Crippen LogP contribution is -2.24. The summed E-state index contributed by atoms with van der Waals surface area (Å²) in [5, 5.41) is 2.92. The summed E-state index contributed by atoms with van der Waals surface area (Å²) >= 11 is 0. The number of ether oxygens (including phenoxy) is 1. The van der Waals surface area contributed by atoms with Crippen LogP contribution in [0.2, 0.25) is 0 Å². The van der Waals surface area contributed by atoms with Crippen molar-refractivity contribution in [2.75, 3.05) is 7.11 Å². The first kappa shape index (κ1) is 14.5. The minimum absolute atomic E-state index is 0.0170. The van der Waals surface area contributed by atoms with E-state index in [1.807, 2.05) is 6.07 Å². The molecule has 22 heavy (non-hydrogen) atoms. The Morgan fingerprint density at radius 1 is 1.32 bits per heavy atom. The quantitative estimate of drug-likeness (QED) is 0.923. The number of hydrogen-bond donors (Lipinski definition) is 1. The molecule has 1 aromatic heterocycles. The van der Waals surface area contributed by atoms with Gasteiger partial charge < -0.3 is 10.1 Å². The number of carbonyl (C=O) groups excluding carboxylic acids is 1. The summed E-state index contributed by atoms with van der Waals surface area (Å²) in [5.41, 5.74) is 1.95. The van der Waals surface area contributed by atoms with Crippen molar-refractivity contribution in [1.29, 1.82) is 0 Å². The first-order valence-corrected chi connectivity index (χ1v) is 7.19. The topological polar surface area (TPSA) is 51.2 Å². The smallest absolute Gasteiger partial charge is 0.224 e. The van der Waals surface area contributed by atoms with Gasteiger partial charge in [0.1, 0.15) is 5.82 Å². The molecular weight excluding hydrogens is 283 g/mol. The van der Waals surface area contributed by atoms with E-state index >= 15 is 0 Å². The van der Waals surface area contributed by atoms with Crippen molar-refractivity contribution in [2.24, 2.45) is 5.92 Å². The number of carbonyl (C=O) groups is 1. The Hall–Kier alpha value is -2.43. The second-order valence-electron chi connectivity index (χ2n) is 5.43. The van der Waals surface area contributed by atoms with Crippen LogP contribution in [0.5, 0.6) is 5.88 Å². The number of hydrogen-bond acceptors (Lipinski definition) is 3. The molecule has 1 amide bonds. The van der Waals surface area contributed by atoms with Crippen LogP contribution in [0.1, 0.15) is 23.5 Å². The Morgan fingerprint density at radius 2 is 2.09 bits per heavy atom. The molecule has 0 saturated heterocycles. The van der Waals surface area contributed by atoms with E-state index in [4.69, 9.17) is 4.74 Å². The van der Waals surface area contributed by atoms with Gasteiger partial charge >= 0.3 is 0 Å². The molecule has 1 heterocycles. The minimum Gasteiger partial charge on any atom is -0.481 e. The monoisotopic (exact) mass is 300 g/mol.